The Labute approximate surface area is 268 Å². The maximum atomic E-state index is 5.06. The highest BCUT2D eigenvalue weighted by atomic mass is 15.0. The number of hydrogen-bond acceptors (Lipinski definition) is 2. The summed E-state index contributed by atoms with van der Waals surface area (Å²) in [5.41, 5.74) is 11.9. The number of allylic oxidation sites excluding steroid dienone is 1. The Kier molecular flexibility index (Phi) is 7.05. The van der Waals surface area contributed by atoms with Crippen LogP contribution in [0.1, 0.15) is 5.82 Å². The SMILES string of the molecule is C=C(Cc1nc(-c2ccccc2)cc(-c2ccccc2)n1)n1c2ccc(-c3ccccc3)cc2c2cc(-c3ccccc3)ccc21. The van der Waals surface area contributed by atoms with Crippen molar-refractivity contribution in [3.63, 3.8) is 0 Å². The maximum absolute atomic E-state index is 5.06. The standard InChI is InChI=1S/C43H31N3/c1-30(26-43-44-39(33-18-10-4-11-19-33)29-40(45-43)34-20-12-5-13-21-34)46-41-24-22-35(31-14-6-2-7-15-31)27-37(41)38-28-36(23-25-42(38)46)32-16-8-3-9-17-32/h2-25,27-29H,1,26H2. The van der Waals surface area contributed by atoms with E-state index in [1.165, 1.54) is 33.0 Å². The van der Waals surface area contributed by atoms with Crippen LogP contribution in [0.3, 0.4) is 0 Å². The van der Waals surface area contributed by atoms with E-state index >= 15 is 0 Å². The Morgan fingerprint density at radius 3 is 1.24 bits per heavy atom. The van der Waals surface area contributed by atoms with Gasteiger partial charge in [-0.05, 0) is 52.6 Å². The second-order valence-corrected chi connectivity index (χ2v) is 11.6. The number of nitrogens with zero attached hydrogens (tertiary/aromatic N) is 3. The van der Waals surface area contributed by atoms with Crippen LogP contribution in [0.15, 0.2) is 170 Å². The molecule has 0 N–H and O–H groups in total. The third-order valence-electron chi connectivity index (χ3n) is 8.57. The molecule has 0 saturated carbocycles. The Morgan fingerprint density at radius 2 is 0.826 bits per heavy atom. The largest absolute Gasteiger partial charge is 0.313 e. The zero-order valence-electron chi connectivity index (χ0n) is 25.3. The van der Waals surface area contributed by atoms with E-state index in [9.17, 15) is 0 Å². The molecule has 6 aromatic carbocycles. The second kappa shape index (κ2) is 11.8. The van der Waals surface area contributed by atoms with E-state index in [1.54, 1.807) is 0 Å². The first kappa shape index (κ1) is 27.5. The third kappa shape index (κ3) is 5.18. The van der Waals surface area contributed by atoms with Crippen LogP contribution in [-0.4, -0.2) is 14.5 Å². The molecular weight excluding hydrogens is 558 g/mol. The minimum atomic E-state index is 0.500. The van der Waals surface area contributed by atoms with Crippen molar-refractivity contribution in [2.45, 2.75) is 6.42 Å². The van der Waals surface area contributed by atoms with E-state index < -0.39 is 0 Å². The van der Waals surface area contributed by atoms with Crippen molar-refractivity contribution in [2.24, 2.45) is 0 Å². The Morgan fingerprint density at radius 1 is 0.435 bits per heavy atom. The molecule has 0 radical (unpaired) electrons. The molecule has 218 valence electrons. The summed E-state index contributed by atoms with van der Waals surface area (Å²) in [4.78, 5) is 10.1. The number of fused-ring (bicyclic) bond motifs is 3. The molecular formula is C43H31N3. The molecule has 0 aliphatic carbocycles. The van der Waals surface area contributed by atoms with Crippen molar-refractivity contribution >= 4 is 27.5 Å². The van der Waals surface area contributed by atoms with E-state index in [4.69, 9.17) is 9.97 Å². The molecule has 3 nitrogen and oxygen atoms in total. The second-order valence-electron chi connectivity index (χ2n) is 11.6. The van der Waals surface area contributed by atoms with Crippen molar-refractivity contribution in [2.75, 3.05) is 0 Å². The number of aromatic nitrogens is 3. The smallest absolute Gasteiger partial charge is 0.135 e. The Balaban J connectivity index is 1.27. The number of benzene rings is 6. The summed E-state index contributed by atoms with van der Waals surface area (Å²) in [6.45, 7) is 4.64. The minimum Gasteiger partial charge on any atom is -0.313 e. The highest BCUT2D eigenvalue weighted by molar-refractivity contribution is 6.12. The van der Waals surface area contributed by atoms with Gasteiger partial charge in [0.1, 0.15) is 5.82 Å². The molecule has 0 unspecified atom stereocenters. The molecule has 0 aliphatic rings. The fourth-order valence-electron chi connectivity index (χ4n) is 6.34. The molecule has 0 aliphatic heterocycles. The van der Waals surface area contributed by atoms with Crippen LogP contribution in [0.25, 0.3) is 72.3 Å². The minimum absolute atomic E-state index is 0.500. The summed E-state index contributed by atoms with van der Waals surface area (Å²) in [7, 11) is 0. The third-order valence-corrected chi connectivity index (χ3v) is 8.57. The number of hydrogen-bond donors (Lipinski definition) is 0. The lowest BCUT2D eigenvalue weighted by Gasteiger charge is -2.13. The van der Waals surface area contributed by atoms with Gasteiger partial charge in [-0.3, -0.25) is 0 Å². The van der Waals surface area contributed by atoms with E-state index in [1.807, 2.05) is 36.4 Å². The van der Waals surface area contributed by atoms with E-state index in [0.29, 0.717) is 6.42 Å². The maximum Gasteiger partial charge on any atom is 0.135 e. The Hall–Kier alpha value is -6.06. The van der Waals surface area contributed by atoms with Crippen molar-refractivity contribution in [1.82, 2.24) is 14.5 Å². The first-order valence-corrected chi connectivity index (χ1v) is 15.6. The average Bonchev–Trinajstić information content (AvgIpc) is 3.46. The summed E-state index contributed by atoms with van der Waals surface area (Å²) in [6, 6.07) is 57.3. The molecule has 8 aromatic rings. The molecule has 3 heteroatoms. The lowest BCUT2D eigenvalue weighted by molar-refractivity contribution is 0.973. The van der Waals surface area contributed by atoms with Crippen molar-refractivity contribution in [3.05, 3.63) is 176 Å². The quantitative estimate of drug-likeness (QED) is 0.185. The molecule has 0 saturated heterocycles. The lowest BCUT2D eigenvalue weighted by Crippen LogP contribution is -2.05. The molecule has 0 bridgehead atoms. The summed E-state index contributed by atoms with van der Waals surface area (Å²) in [5, 5.41) is 2.39. The monoisotopic (exact) mass is 589 g/mol. The summed E-state index contributed by atoms with van der Waals surface area (Å²) < 4.78 is 2.29. The highest BCUT2D eigenvalue weighted by Crippen LogP contribution is 2.37. The van der Waals surface area contributed by atoms with Gasteiger partial charge in [-0.15, -0.1) is 0 Å². The van der Waals surface area contributed by atoms with Crippen LogP contribution < -0.4 is 0 Å². The topological polar surface area (TPSA) is 30.7 Å². The average molecular weight is 590 g/mol. The molecule has 2 heterocycles. The molecule has 46 heavy (non-hydrogen) atoms. The number of rotatable bonds is 7. The van der Waals surface area contributed by atoms with Gasteiger partial charge in [-0.2, -0.15) is 0 Å². The lowest BCUT2D eigenvalue weighted by atomic mass is 10.0. The zero-order chi connectivity index (χ0) is 30.9. The molecule has 2 aromatic heterocycles. The summed E-state index contributed by atoms with van der Waals surface area (Å²) in [5.74, 6) is 0.738. The first-order valence-electron chi connectivity index (χ1n) is 15.6. The first-order chi connectivity index (χ1) is 22.7. The fourth-order valence-corrected chi connectivity index (χ4v) is 6.34. The predicted octanol–water partition coefficient (Wildman–Crippen LogP) is 11.0. The van der Waals surface area contributed by atoms with Crippen LogP contribution in [-0.2, 0) is 6.42 Å². The van der Waals surface area contributed by atoms with E-state index in [-0.39, 0.29) is 0 Å². The van der Waals surface area contributed by atoms with Gasteiger partial charge in [0, 0.05) is 34.0 Å². The molecule has 0 fully saturated rings. The summed E-state index contributed by atoms with van der Waals surface area (Å²) >= 11 is 0. The van der Waals surface area contributed by atoms with Gasteiger partial charge < -0.3 is 4.57 Å². The van der Waals surface area contributed by atoms with Crippen LogP contribution in [0, 0.1) is 0 Å². The van der Waals surface area contributed by atoms with Crippen molar-refractivity contribution in [1.29, 1.82) is 0 Å². The van der Waals surface area contributed by atoms with Crippen LogP contribution in [0.2, 0.25) is 0 Å². The van der Waals surface area contributed by atoms with Crippen LogP contribution >= 0.6 is 0 Å². The van der Waals surface area contributed by atoms with Gasteiger partial charge in [0.2, 0.25) is 0 Å². The van der Waals surface area contributed by atoms with Gasteiger partial charge in [0.05, 0.1) is 22.4 Å². The molecule has 8 rings (SSSR count). The predicted molar refractivity (Wildman–Crippen MR) is 192 cm³/mol. The van der Waals surface area contributed by atoms with Gasteiger partial charge in [0.25, 0.3) is 0 Å². The van der Waals surface area contributed by atoms with Gasteiger partial charge in [-0.25, -0.2) is 9.97 Å². The van der Waals surface area contributed by atoms with Crippen LogP contribution in [0.5, 0.6) is 0 Å². The molecule has 0 spiro atoms. The molecule has 0 amide bonds. The fraction of sp³-hybridized carbons (Fsp3) is 0.0233. The van der Waals surface area contributed by atoms with Crippen molar-refractivity contribution < 1.29 is 0 Å². The van der Waals surface area contributed by atoms with E-state index in [2.05, 4.69) is 139 Å². The Bertz CT molecular complexity index is 2170. The van der Waals surface area contributed by atoms with E-state index in [0.717, 1.165) is 45.1 Å². The van der Waals surface area contributed by atoms with Crippen molar-refractivity contribution in [3.8, 4) is 44.8 Å². The van der Waals surface area contributed by atoms with Gasteiger partial charge in [-0.1, -0.05) is 140 Å². The normalized spacial score (nSPS) is 11.2. The highest BCUT2D eigenvalue weighted by Gasteiger charge is 2.17. The molecule has 0 atom stereocenters. The zero-order valence-corrected chi connectivity index (χ0v) is 25.3. The summed E-state index contributed by atoms with van der Waals surface area (Å²) in [6.07, 6.45) is 0.500. The van der Waals surface area contributed by atoms with Crippen LogP contribution in [0.4, 0.5) is 0 Å². The van der Waals surface area contributed by atoms with Gasteiger partial charge >= 0.3 is 0 Å². The van der Waals surface area contributed by atoms with Gasteiger partial charge in [0.15, 0.2) is 0 Å².